The van der Waals surface area contributed by atoms with Crippen LogP contribution in [0, 0.1) is 5.92 Å². The summed E-state index contributed by atoms with van der Waals surface area (Å²) in [7, 11) is 0. The molecule has 0 spiro atoms. The number of ether oxygens (including phenoxy) is 1. The Morgan fingerprint density at radius 1 is 1.20 bits per heavy atom. The minimum atomic E-state index is -0.801. The maximum absolute atomic E-state index is 12.5. The maximum atomic E-state index is 12.5. The van der Waals surface area contributed by atoms with Gasteiger partial charge in [0.05, 0.1) is 18.1 Å². The number of nitrogens with zero attached hydrogens (tertiary/aromatic N) is 1. The van der Waals surface area contributed by atoms with Gasteiger partial charge < -0.3 is 19.6 Å². The highest BCUT2D eigenvalue weighted by atomic mass is 35.5. The van der Waals surface area contributed by atoms with Gasteiger partial charge in [0.1, 0.15) is 6.26 Å². The number of amides is 1. The summed E-state index contributed by atoms with van der Waals surface area (Å²) in [6, 6.07) is 6.84. The second kappa shape index (κ2) is 9.02. The molecule has 3 heterocycles. The molecule has 2 aliphatic heterocycles. The van der Waals surface area contributed by atoms with Crippen LogP contribution in [0.25, 0.3) is 0 Å². The van der Waals surface area contributed by atoms with Crippen LogP contribution in [0.3, 0.4) is 0 Å². The molecule has 0 radical (unpaired) electrons. The van der Waals surface area contributed by atoms with E-state index >= 15 is 0 Å². The van der Waals surface area contributed by atoms with Gasteiger partial charge in [-0.2, -0.15) is 0 Å². The zero-order valence-electron chi connectivity index (χ0n) is 16.3. The SMILES string of the molecule is O=C(O)CC/C=C\C[C@@H]1[C@H](c2nc(C(=O)Nc3ccc(Cl)cc3)co2)[C@H]2CC[C@@H]1O2. The van der Waals surface area contributed by atoms with E-state index in [0.29, 0.717) is 23.0 Å². The lowest BCUT2D eigenvalue weighted by Gasteiger charge is -2.24. The first kappa shape index (κ1) is 20.6. The highest BCUT2D eigenvalue weighted by molar-refractivity contribution is 6.30. The summed E-state index contributed by atoms with van der Waals surface area (Å²) in [5, 5.41) is 12.1. The number of benzene rings is 1. The number of aliphatic carboxylic acids is 1. The van der Waals surface area contributed by atoms with Gasteiger partial charge in [0, 0.05) is 23.0 Å². The Balaban J connectivity index is 1.42. The van der Waals surface area contributed by atoms with Gasteiger partial charge in [-0.15, -0.1) is 0 Å². The lowest BCUT2D eigenvalue weighted by atomic mass is 9.77. The first-order chi connectivity index (χ1) is 14.5. The van der Waals surface area contributed by atoms with Gasteiger partial charge in [0.2, 0.25) is 5.89 Å². The maximum Gasteiger partial charge on any atom is 0.303 e. The minimum absolute atomic E-state index is 0.00930. The predicted molar refractivity (Wildman–Crippen MR) is 111 cm³/mol. The zero-order chi connectivity index (χ0) is 21.1. The van der Waals surface area contributed by atoms with Crippen LogP contribution in [0.1, 0.15) is 54.4 Å². The summed E-state index contributed by atoms with van der Waals surface area (Å²) in [6.07, 6.45) is 8.82. The molecule has 2 aliphatic rings. The summed E-state index contributed by atoms with van der Waals surface area (Å²) in [5.41, 5.74) is 0.847. The third kappa shape index (κ3) is 4.57. The van der Waals surface area contributed by atoms with E-state index < -0.39 is 5.97 Å². The number of hydrogen-bond donors (Lipinski definition) is 2. The molecule has 2 aromatic rings. The molecule has 4 atom stereocenters. The summed E-state index contributed by atoms with van der Waals surface area (Å²) in [5.74, 6) is -0.431. The van der Waals surface area contributed by atoms with Crippen molar-refractivity contribution < 1.29 is 23.8 Å². The summed E-state index contributed by atoms with van der Waals surface area (Å²) in [6.45, 7) is 0. The summed E-state index contributed by atoms with van der Waals surface area (Å²) < 4.78 is 11.8. The van der Waals surface area contributed by atoms with Crippen molar-refractivity contribution in [3.8, 4) is 0 Å². The molecule has 2 fully saturated rings. The Labute approximate surface area is 179 Å². The highest BCUT2D eigenvalue weighted by Gasteiger charge is 2.51. The van der Waals surface area contributed by atoms with Crippen LogP contribution in [-0.2, 0) is 9.53 Å². The molecule has 4 rings (SSSR count). The van der Waals surface area contributed by atoms with E-state index in [4.69, 9.17) is 25.9 Å². The van der Waals surface area contributed by atoms with Crippen LogP contribution in [0.15, 0.2) is 47.1 Å². The van der Waals surface area contributed by atoms with Crippen LogP contribution >= 0.6 is 11.6 Å². The van der Waals surface area contributed by atoms with Crippen molar-refractivity contribution in [1.82, 2.24) is 4.98 Å². The summed E-state index contributed by atoms with van der Waals surface area (Å²) in [4.78, 5) is 27.6. The van der Waals surface area contributed by atoms with Crippen LogP contribution < -0.4 is 5.32 Å². The molecule has 0 aliphatic carbocycles. The third-order valence-electron chi connectivity index (χ3n) is 5.67. The van der Waals surface area contributed by atoms with Gasteiger partial charge in [-0.3, -0.25) is 9.59 Å². The molecular weight excluding hydrogens is 408 g/mol. The Bertz CT molecular complexity index is 939. The fourth-order valence-electron chi connectivity index (χ4n) is 4.27. The number of nitrogens with one attached hydrogen (secondary N) is 1. The molecule has 158 valence electrons. The fraction of sp³-hybridized carbons (Fsp3) is 0.409. The Kier molecular flexibility index (Phi) is 6.20. The van der Waals surface area contributed by atoms with Gasteiger partial charge in [0.25, 0.3) is 5.91 Å². The van der Waals surface area contributed by atoms with Gasteiger partial charge in [-0.25, -0.2) is 4.98 Å². The van der Waals surface area contributed by atoms with Gasteiger partial charge >= 0.3 is 5.97 Å². The lowest BCUT2D eigenvalue weighted by Crippen LogP contribution is -2.25. The van der Waals surface area contributed by atoms with Crippen molar-refractivity contribution in [3.63, 3.8) is 0 Å². The normalized spacial score (nSPS) is 25.1. The van der Waals surface area contributed by atoms with Crippen molar-refractivity contribution >= 4 is 29.2 Å². The van der Waals surface area contributed by atoms with E-state index in [-0.39, 0.29) is 42.1 Å². The number of carboxylic acid groups (broad SMARTS) is 1. The zero-order valence-corrected chi connectivity index (χ0v) is 17.0. The second-order valence-electron chi connectivity index (χ2n) is 7.65. The molecule has 7 nitrogen and oxygen atoms in total. The number of allylic oxidation sites excluding steroid dienone is 2. The van der Waals surface area contributed by atoms with E-state index in [0.717, 1.165) is 19.3 Å². The number of rotatable bonds is 8. The number of anilines is 1. The van der Waals surface area contributed by atoms with E-state index in [1.54, 1.807) is 24.3 Å². The molecule has 2 saturated heterocycles. The smallest absolute Gasteiger partial charge is 0.303 e. The van der Waals surface area contributed by atoms with E-state index in [2.05, 4.69) is 10.3 Å². The predicted octanol–water partition coefficient (Wildman–Crippen LogP) is 4.65. The van der Waals surface area contributed by atoms with E-state index in [9.17, 15) is 9.59 Å². The minimum Gasteiger partial charge on any atom is -0.481 e. The fourth-order valence-corrected chi connectivity index (χ4v) is 4.39. The molecule has 30 heavy (non-hydrogen) atoms. The van der Waals surface area contributed by atoms with Crippen LogP contribution in [0.4, 0.5) is 5.69 Å². The quantitative estimate of drug-likeness (QED) is 0.591. The lowest BCUT2D eigenvalue weighted by molar-refractivity contribution is -0.136. The largest absolute Gasteiger partial charge is 0.481 e. The molecule has 1 amide bonds. The highest BCUT2D eigenvalue weighted by Crippen LogP contribution is 2.50. The molecule has 1 aromatic carbocycles. The van der Waals surface area contributed by atoms with Gasteiger partial charge in [-0.05, 0) is 49.9 Å². The second-order valence-corrected chi connectivity index (χ2v) is 8.09. The molecule has 8 heteroatoms. The number of aromatic nitrogens is 1. The van der Waals surface area contributed by atoms with Crippen molar-refractivity contribution in [3.05, 3.63) is 59.3 Å². The van der Waals surface area contributed by atoms with E-state index in [1.807, 2.05) is 12.2 Å². The number of halogens is 1. The number of carbonyl (C=O) groups is 2. The van der Waals surface area contributed by atoms with Crippen molar-refractivity contribution in [2.24, 2.45) is 5.92 Å². The Morgan fingerprint density at radius 2 is 1.97 bits per heavy atom. The number of fused-ring (bicyclic) bond motifs is 2. The van der Waals surface area contributed by atoms with Gasteiger partial charge in [0.15, 0.2) is 5.69 Å². The average Bonchev–Trinajstić information content (AvgIpc) is 3.45. The number of carboxylic acids is 1. The Hall–Kier alpha value is -2.64. The van der Waals surface area contributed by atoms with Crippen molar-refractivity contribution in [2.75, 3.05) is 5.32 Å². The average molecular weight is 431 g/mol. The van der Waals surface area contributed by atoms with Crippen LogP contribution in [0.2, 0.25) is 5.02 Å². The molecule has 0 unspecified atom stereocenters. The van der Waals surface area contributed by atoms with Crippen molar-refractivity contribution in [1.29, 1.82) is 0 Å². The third-order valence-corrected chi connectivity index (χ3v) is 5.92. The number of hydrogen-bond acceptors (Lipinski definition) is 5. The van der Waals surface area contributed by atoms with E-state index in [1.165, 1.54) is 6.26 Å². The van der Waals surface area contributed by atoms with Gasteiger partial charge in [-0.1, -0.05) is 23.8 Å². The van der Waals surface area contributed by atoms with Crippen LogP contribution in [-0.4, -0.2) is 34.2 Å². The molecule has 2 N–H and O–H groups in total. The molecular formula is C22H23ClN2O5. The molecule has 0 saturated carbocycles. The first-order valence-corrected chi connectivity index (χ1v) is 10.4. The first-order valence-electron chi connectivity index (χ1n) is 10.1. The molecule has 2 bridgehead atoms. The summed E-state index contributed by atoms with van der Waals surface area (Å²) >= 11 is 5.87. The van der Waals surface area contributed by atoms with Crippen molar-refractivity contribution in [2.45, 2.75) is 50.2 Å². The number of carbonyl (C=O) groups excluding carboxylic acids is 1. The van der Waals surface area contributed by atoms with Crippen LogP contribution in [0.5, 0.6) is 0 Å². The Morgan fingerprint density at radius 3 is 2.73 bits per heavy atom. The topological polar surface area (TPSA) is 102 Å². The monoisotopic (exact) mass is 430 g/mol. The number of oxazole rings is 1. The molecule has 1 aromatic heterocycles. The standard InChI is InChI=1S/C22H23ClN2O5/c23-13-6-8-14(9-7-13)24-21(28)16-12-29-22(25-16)20-15(17-10-11-18(20)30-17)4-2-1-3-5-19(26)27/h1-2,6-9,12,15,17-18,20H,3-5,10-11H2,(H,24,28)(H,26,27)/b2-1-/t15-,17-,18+,20-/m0/s1.